The number of hydrogen-bond acceptors (Lipinski definition) is 7. The maximum Gasteiger partial charge on any atom is 0.472 e. The van der Waals surface area contributed by atoms with E-state index in [-0.39, 0.29) is 32.3 Å². The quantitative estimate of drug-likeness (QED) is 0.0208. The van der Waals surface area contributed by atoms with E-state index >= 15 is 0 Å². The lowest BCUT2D eigenvalue weighted by molar-refractivity contribution is -0.147. The molecule has 312 valence electrons. The maximum absolute atomic E-state index is 12.4. The Morgan fingerprint density at radius 2 is 1.00 bits per heavy atom. The van der Waals surface area contributed by atoms with Gasteiger partial charge in [0.1, 0.15) is 6.61 Å². The SMILES string of the molecule is CCCCCC=CCC=CCC=CCC=CCCCCCC(=O)OC[C@H](COP(=O)(O)OCCN)OC=CCCCCCCCCC=CCCCCCC. The summed E-state index contributed by atoms with van der Waals surface area (Å²) in [4.78, 5) is 22.3. The van der Waals surface area contributed by atoms with Crippen LogP contribution in [-0.2, 0) is 27.9 Å². The second-order valence-corrected chi connectivity index (χ2v) is 15.4. The van der Waals surface area contributed by atoms with Crippen LogP contribution >= 0.6 is 7.82 Å². The van der Waals surface area contributed by atoms with E-state index in [0.717, 1.165) is 64.2 Å². The lowest BCUT2D eigenvalue weighted by Crippen LogP contribution is -2.25. The van der Waals surface area contributed by atoms with Gasteiger partial charge in [-0.05, 0) is 96.0 Å². The molecule has 0 aromatic rings. The molecular formula is C45H80NO7P. The summed E-state index contributed by atoms with van der Waals surface area (Å²) < 4.78 is 33.2. The molecule has 0 aliphatic heterocycles. The van der Waals surface area contributed by atoms with Crippen LogP contribution in [0, 0.1) is 0 Å². The van der Waals surface area contributed by atoms with Gasteiger partial charge in [-0.25, -0.2) is 4.57 Å². The molecule has 0 bridgehead atoms. The largest absolute Gasteiger partial charge is 0.492 e. The van der Waals surface area contributed by atoms with Gasteiger partial charge in [-0.2, -0.15) is 0 Å². The number of phosphoric acid groups is 1. The fraction of sp³-hybridized carbons (Fsp3) is 0.711. The topological polar surface area (TPSA) is 117 Å². The number of rotatable bonds is 40. The molecule has 0 amide bonds. The molecule has 3 N–H and O–H groups in total. The summed E-state index contributed by atoms with van der Waals surface area (Å²) >= 11 is 0. The zero-order valence-corrected chi connectivity index (χ0v) is 35.3. The van der Waals surface area contributed by atoms with Crippen molar-refractivity contribution in [3.8, 4) is 0 Å². The minimum absolute atomic E-state index is 0.0870. The van der Waals surface area contributed by atoms with Crippen molar-refractivity contribution in [2.75, 3.05) is 26.4 Å². The molecule has 0 radical (unpaired) electrons. The van der Waals surface area contributed by atoms with Crippen molar-refractivity contribution in [1.82, 2.24) is 0 Å². The van der Waals surface area contributed by atoms with Crippen molar-refractivity contribution in [1.29, 1.82) is 0 Å². The number of allylic oxidation sites excluding steroid dienone is 11. The van der Waals surface area contributed by atoms with Gasteiger partial charge in [0.25, 0.3) is 0 Å². The third kappa shape index (κ3) is 41.0. The smallest absolute Gasteiger partial charge is 0.472 e. The van der Waals surface area contributed by atoms with Crippen LogP contribution < -0.4 is 5.73 Å². The first-order valence-electron chi connectivity index (χ1n) is 21.5. The van der Waals surface area contributed by atoms with Crippen LogP contribution in [0.15, 0.2) is 73.1 Å². The molecule has 0 aliphatic rings. The maximum atomic E-state index is 12.4. The van der Waals surface area contributed by atoms with Gasteiger partial charge in [-0.3, -0.25) is 13.8 Å². The number of nitrogens with two attached hydrogens (primary N) is 1. The third-order valence-electron chi connectivity index (χ3n) is 8.69. The van der Waals surface area contributed by atoms with E-state index in [0.29, 0.717) is 6.42 Å². The van der Waals surface area contributed by atoms with Gasteiger partial charge in [-0.15, -0.1) is 0 Å². The fourth-order valence-corrected chi connectivity index (χ4v) is 6.19. The minimum Gasteiger partial charge on any atom is -0.492 e. The first-order valence-corrected chi connectivity index (χ1v) is 23.0. The van der Waals surface area contributed by atoms with Crippen LogP contribution in [0.3, 0.4) is 0 Å². The zero-order valence-electron chi connectivity index (χ0n) is 34.4. The van der Waals surface area contributed by atoms with E-state index in [1.54, 1.807) is 6.26 Å². The van der Waals surface area contributed by atoms with Gasteiger partial charge in [0.2, 0.25) is 0 Å². The molecule has 0 saturated carbocycles. The van der Waals surface area contributed by atoms with Crippen molar-refractivity contribution >= 4 is 13.8 Å². The van der Waals surface area contributed by atoms with Crippen molar-refractivity contribution in [3.63, 3.8) is 0 Å². The average molecular weight is 778 g/mol. The molecule has 9 heteroatoms. The van der Waals surface area contributed by atoms with Gasteiger partial charge >= 0.3 is 13.8 Å². The molecule has 0 heterocycles. The van der Waals surface area contributed by atoms with Crippen LogP contribution in [0.4, 0.5) is 0 Å². The Balaban J connectivity index is 4.18. The molecular weight excluding hydrogens is 697 g/mol. The van der Waals surface area contributed by atoms with Gasteiger partial charge < -0.3 is 20.1 Å². The highest BCUT2D eigenvalue weighted by Gasteiger charge is 2.24. The highest BCUT2D eigenvalue weighted by molar-refractivity contribution is 7.47. The third-order valence-corrected chi connectivity index (χ3v) is 9.67. The standard InChI is InChI=1S/C45H80NO7P/c1-3-5-7-9-11-13-15-17-19-21-22-23-24-26-28-30-32-34-36-38-45(47)51-42-44(43-53-54(48,49)52-41-39-46)50-40-37-35-33-31-29-27-25-20-18-16-14-12-10-8-6-4-2/h11,13-14,16-17,19,22-23,26,28,37,40,44H,3-10,12,15,18,20-21,24-25,27,29-36,38-39,41-43,46H2,1-2H3,(H,48,49)/t44-/m1/s1. The van der Waals surface area contributed by atoms with Crippen LogP contribution in [0.1, 0.15) is 174 Å². The molecule has 0 spiro atoms. The van der Waals surface area contributed by atoms with E-state index in [1.165, 1.54) is 89.9 Å². The van der Waals surface area contributed by atoms with Crippen molar-refractivity contribution in [2.24, 2.45) is 5.73 Å². The summed E-state index contributed by atoms with van der Waals surface area (Å²) in [5, 5.41) is 0. The van der Waals surface area contributed by atoms with Crippen molar-refractivity contribution in [2.45, 2.75) is 180 Å². The van der Waals surface area contributed by atoms with E-state index in [9.17, 15) is 14.3 Å². The lowest BCUT2D eigenvalue weighted by Gasteiger charge is -2.19. The molecule has 0 aromatic heterocycles. The predicted octanol–water partition coefficient (Wildman–Crippen LogP) is 13.1. The van der Waals surface area contributed by atoms with Crippen LogP contribution in [0.2, 0.25) is 0 Å². The summed E-state index contributed by atoms with van der Waals surface area (Å²) in [7, 11) is -4.28. The second-order valence-electron chi connectivity index (χ2n) is 13.9. The van der Waals surface area contributed by atoms with E-state index in [1.807, 2.05) is 6.08 Å². The molecule has 0 fully saturated rings. The average Bonchev–Trinajstić information content (AvgIpc) is 3.16. The first-order chi connectivity index (χ1) is 26.4. The summed E-state index contributed by atoms with van der Waals surface area (Å²) in [6.07, 6.45) is 53.0. The van der Waals surface area contributed by atoms with Gasteiger partial charge in [0.05, 0.1) is 19.5 Å². The summed E-state index contributed by atoms with van der Waals surface area (Å²) in [5.41, 5.74) is 5.36. The number of phosphoric ester groups is 1. The number of unbranched alkanes of at least 4 members (excludes halogenated alkanes) is 17. The summed E-state index contributed by atoms with van der Waals surface area (Å²) in [6, 6.07) is 0. The van der Waals surface area contributed by atoms with E-state index < -0.39 is 13.9 Å². The zero-order chi connectivity index (χ0) is 39.5. The molecule has 1 unspecified atom stereocenters. The van der Waals surface area contributed by atoms with E-state index in [2.05, 4.69) is 74.6 Å². The Bertz CT molecular complexity index is 1050. The lowest BCUT2D eigenvalue weighted by atomic mass is 10.1. The van der Waals surface area contributed by atoms with Crippen molar-refractivity contribution in [3.05, 3.63) is 73.1 Å². The monoisotopic (exact) mass is 778 g/mol. The number of carbonyl (C=O) groups is 1. The Morgan fingerprint density at radius 3 is 1.54 bits per heavy atom. The Hall–Kier alpha value is -2.22. The molecule has 0 rings (SSSR count). The van der Waals surface area contributed by atoms with Gasteiger partial charge in [-0.1, -0.05) is 139 Å². The van der Waals surface area contributed by atoms with Crippen LogP contribution in [-0.4, -0.2) is 43.3 Å². The molecule has 2 atom stereocenters. The molecule has 8 nitrogen and oxygen atoms in total. The number of esters is 1. The number of hydrogen-bond donors (Lipinski definition) is 2. The normalized spacial score (nSPS) is 14.1. The number of carbonyl (C=O) groups excluding carboxylic acids is 1. The Kier molecular flexibility index (Phi) is 40.2. The highest BCUT2D eigenvalue weighted by Crippen LogP contribution is 2.43. The van der Waals surface area contributed by atoms with Crippen LogP contribution in [0.25, 0.3) is 0 Å². The van der Waals surface area contributed by atoms with Gasteiger partial charge in [0, 0.05) is 13.0 Å². The minimum atomic E-state index is -4.28. The first kappa shape index (κ1) is 51.8. The van der Waals surface area contributed by atoms with Crippen LogP contribution in [0.5, 0.6) is 0 Å². The molecule has 0 saturated heterocycles. The summed E-state index contributed by atoms with van der Waals surface area (Å²) in [5.74, 6) is -0.324. The highest BCUT2D eigenvalue weighted by atomic mass is 31.2. The number of ether oxygens (including phenoxy) is 2. The summed E-state index contributed by atoms with van der Waals surface area (Å²) in [6.45, 7) is 4.12. The fourth-order valence-electron chi connectivity index (χ4n) is 5.43. The Labute approximate surface area is 331 Å². The Morgan fingerprint density at radius 1 is 0.574 bits per heavy atom. The second kappa shape index (κ2) is 41.9. The van der Waals surface area contributed by atoms with Crippen molar-refractivity contribution < 1.29 is 32.8 Å². The molecule has 0 aromatic carbocycles. The molecule has 0 aliphatic carbocycles. The van der Waals surface area contributed by atoms with E-state index in [4.69, 9.17) is 24.3 Å². The predicted molar refractivity (Wildman–Crippen MR) is 228 cm³/mol. The molecule has 54 heavy (non-hydrogen) atoms. The van der Waals surface area contributed by atoms with Gasteiger partial charge in [0.15, 0.2) is 6.10 Å².